The molecule has 1 atom stereocenters. The minimum atomic E-state index is -0.513. The number of carbonyl (C=O) groups excluding carboxylic acids is 1. The molecule has 47 heavy (non-hydrogen) atoms. The number of hydrogen-bond acceptors (Lipinski definition) is 7. The molecule has 0 saturated carbocycles. The second-order valence-corrected chi connectivity index (χ2v) is 13.9. The van der Waals surface area contributed by atoms with Crippen LogP contribution in [0.15, 0.2) is 77.9 Å². The number of aryl methyl sites for hydroxylation is 1. The van der Waals surface area contributed by atoms with Gasteiger partial charge in [-0.2, -0.15) is 0 Å². The van der Waals surface area contributed by atoms with Crippen LogP contribution in [0.3, 0.4) is 0 Å². The lowest BCUT2D eigenvalue weighted by atomic mass is 9.83. The van der Waals surface area contributed by atoms with Crippen LogP contribution in [0.1, 0.15) is 88.0 Å². The van der Waals surface area contributed by atoms with E-state index in [9.17, 15) is 4.79 Å². The number of rotatable bonds is 20. The molecule has 254 valence electrons. The minimum Gasteiger partial charge on any atom is -0.497 e. The summed E-state index contributed by atoms with van der Waals surface area (Å²) in [5.41, 5.74) is 12.8. The van der Waals surface area contributed by atoms with Crippen LogP contribution in [-0.4, -0.2) is 51.3 Å². The van der Waals surface area contributed by atoms with Crippen LogP contribution < -0.4 is 9.47 Å². The van der Waals surface area contributed by atoms with E-state index in [2.05, 4.69) is 58.6 Å². The fourth-order valence-corrected chi connectivity index (χ4v) is 7.22. The summed E-state index contributed by atoms with van der Waals surface area (Å²) in [4.78, 5) is 15.3. The minimum absolute atomic E-state index is 0.187. The van der Waals surface area contributed by atoms with Crippen LogP contribution >= 0.6 is 11.8 Å². The van der Waals surface area contributed by atoms with Gasteiger partial charge in [0.25, 0.3) is 0 Å². The first kappa shape index (κ1) is 37.8. The predicted octanol–water partition coefficient (Wildman–Crippen LogP) is 9.67. The van der Waals surface area contributed by atoms with Gasteiger partial charge in [0.05, 0.1) is 31.5 Å². The molecule has 3 rings (SSSR count). The van der Waals surface area contributed by atoms with Crippen LogP contribution in [0.2, 0.25) is 0 Å². The number of nitrogens with zero attached hydrogens (tertiary/aromatic N) is 3. The summed E-state index contributed by atoms with van der Waals surface area (Å²) in [6, 6.07) is 25.7. The molecule has 0 N–H and O–H groups in total. The third kappa shape index (κ3) is 11.8. The van der Waals surface area contributed by atoms with Gasteiger partial charge in [0, 0.05) is 18.6 Å². The molecule has 0 aliphatic heterocycles. The molecule has 9 heteroatoms. The average molecular weight is 662 g/mol. The van der Waals surface area contributed by atoms with E-state index in [4.69, 9.17) is 24.5 Å². The number of esters is 1. The van der Waals surface area contributed by atoms with Gasteiger partial charge in [-0.05, 0) is 111 Å². The van der Waals surface area contributed by atoms with Crippen LogP contribution in [0, 0.1) is 0 Å². The molecule has 0 aliphatic carbocycles. The Bertz CT molecular complexity index is 1370. The zero-order valence-electron chi connectivity index (χ0n) is 28.9. The van der Waals surface area contributed by atoms with Crippen molar-refractivity contribution >= 4 is 17.7 Å². The third-order valence-corrected chi connectivity index (χ3v) is 9.63. The van der Waals surface area contributed by atoms with E-state index in [1.54, 1.807) is 21.3 Å². The van der Waals surface area contributed by atoms with E-state index in [0.29, 0.717) is 6.54 Å². The maximum absolute atomic E-state index is 12.4. The summed E-state index contributed by atoms with van der Waals surface area (Å²) < 4.78 is 21.7. The Kier molecular flexibility index (Phi) is 15.5. The number of benzene rings is 3. The highest BCUT2D eigenvalue weighted by molar-refractivity contribution is 8.00. The summed E-state index contributed by atoms with van der Waals surface area (Å²) >= 11 is 1.94. The molecular weight excluding hydrogens is 611 g/mol. The number of unbranched alkanes of at least 4 members (excludes halogenated alkanes) is 3. The van der Waals surface area contributed by atoms with Crippen molar-refractivity contribution in [2.24, 2.45) is 5.11 Å². The molecule has 3 aromatic carbocycles. The largest absolute Gasteiger partial charge is 0.497 e. The smallest absolute Gasteiger partial charge is 0.308 e. The Hall–Kier alpha value is -3.65. The number of thioether (sulfide) groups is 1. The summed E-state index contributed by atoms with van der Waals surface area (Å²) in [6.07, 6.45) is 6.61. The molecular formula is C38H51N3O5S. The van der Waals surface area contributed by atoms with Crippen molar-refractivity contribution in [1.29, 1.82) is 0 Å². The quantitative estimate of drug-likeness (QED) is 0.0298. The van der Waals surface area contributed by atoms with Gasteiger partial charge < -0.3 is 18.9 Å². The SMILES string of the molecule is COc1ccc(C(SCCCCCCN=[N+]=[N-])(c2ccc(OC)cc2)c2cccc(CCCC(CC(=O)OC(C)(C)C)OC)c2)cc1. The van der Waals surface area contributed by atoms with Gasteiger partial charge in [0.15, 0.2) is 0 Å². The van der Waals surface area contributed by atoms with Crippen molar-refractivity contribution in [2.75, 3.05) is 33.6 Å². The maximum atomic E-state index is 12.4. The number of azide groups is 1. The van der Waals surface area contributed by atoms with Gasteiger partial charge >= 0.3 is 5.97 Å². The van der Waals surface area contributed by atoms with E-state index in [1.807, 2.05) is 56.8 Å². The Morgan fingerprint density at radius 1 is 0.830 bits per heavy atom. The molecule has 1 unspecified atom stereocenters. The van der Waals surface area contributed by atoms with E-state index in [-0.39, 0.29) is 18.5 Å². The van der Waals surface area contributed by atoms with Crippen molar-refractivity contribution in [2.45, 2.75) is 88.6 Å². The van der Waals surface area contributed by atoms with E-state index in [1.165, 1.54) is 22.3 Å². The highest BCUT2D eigenvalue weighted by atomic mass is 32.2. The fourth-order valence-electron chi connectivity index (χ4n) is 5.66. The van der Waals surface area contributed by atoms with Gasteiger partial charge in [-0.15, -0.1) is 11.8 Å². The average Bonchev–Trinajstić information content (AvgIpc) is 3.07. The normalized spacial score (nSPS) is 12.2. The van der Waals surface area contributed by atoms with E-state index < -0.39 is 10.3 Å². The lowest BCUT2D eigenvalue weighted by Gasteiger charge is -2.36. The molecule has 0 aromatic heterocycles. The fraction of sp³-hybridized carbons (Fsp3) is 0.500. The van der Waals surface area contributed by atoms with E-state index in [0.717, 1.165) is 62.2 Å². The van der Waals surface area contributed by atoms with Gasteiger partial charge in [-0.1, -0.05) is 66.5 Å². The molecule has 0 spiro atoms. The van der Waals surface area contributed by atoms with Crippen LogP contribution in [-0.2, 0) is 25.4 Å². The Morgan fingerprint density at radius 3 is 2.00 bits per heavy atom. The van der Waals surface area contributed by atoms with Crippen molar-refractivity contribution < 1.29 is 23.7 Å². The van der Waals surface area contributed by atoms with Crippen molar-refractivity contribution in [3.63, 3.8) is 0 Å². The number of hydrogen-bond donors (Lipinski definition) is 0. The maximum Gasteiger partial charge on any atom is 0.308 e. The summed E-state index contributed by atoms with van der Waals surface area (Å²) in [7, 11) is 5.03. The standard InChI is InChI=1S/C38H51N3O5S/c1-37(2,3)46-36(42)28-35(45-6)16-12-14-29-13-11-15-32(27-29)38(30-17-21-33(43-4)22-18-30,31-19-23-34(44-5)24-20-31)47-26-10-8-7-9-25-40-41-39/h11,13,15,17-24,27,35H,7-10,12,14,16,25-26,28H2,1-6H3. The molecule has 3 aromatic rings. The zero-order chi connectivity index (χ0) is 34.1. The molecule has 0 bridgehead atoms. The second kappa shape index (κ2) is 19.2. The number of carbonyl (C=O) groups is 1. The predicted molar refractivity (Wildman–Crippen MR) is 191 cm³/mol. The molecule has 0 radical (unpaired) electrons. The topological polar surface area (TPSA) is 103 Å². The van der Waals surface area contributed by atoms with E-state index >= 15 is 0 Å². The van der Waals surface area contributed by atoms with Gasteiger partial charge in [-0.3, -0.25) is 4.79 Å². The van der Waals surface area contributed by atoms with Gasteiger partial charge in [-0.25, -0.2) is 0 Å². The lowest BCUT2D eigenvalue weighted by molar-refractivity contribution is -0.157. The summed E-state index contributed by atoms with van der Waals surface area (Å²) in [5, 5.41) is 3.67. The highest BCUT2D eigenvalue weighted by Gasteiger charge is 2.37. The van der Waals surface area contributed by atoms with Crippen molar-refractivity contribution in [1.82, 2.24) is 0 Å². The van der Waals surface area contributed by atoms with Crippen molar-refractivity contribution in [3.05, 3.63) is 105 Å². The number of ether oxygens (including phenoxy) is 4. The Labute approximate surface area is 285 Å². The molecule has 0 saturated heterocycles. The highest BCUT2D eigenvalue weighted by Crippen LogP contribution is 2.49. The molecule has 0 heterocycles. The monoisotopic (exact) mass is 661 g/mol. The molecule has 8 nitrogen and oxygen atoms in total. The first-order valence-electron chi connectivity index (χ1n) is 16.4. The van der Waals surface area contributed by atoms with Crippen molar-refractivity contribution in [3.8, 4) is 11.5 Å². The summed E-state index contributed by atoms with van der Waals surface area (Å²) in [6.45, 7) is 6.18. The zero-order valence-corrected chi connectivity index (χ0v) is 29.7. The molecule has 0 aliphatic rings. The Balaban J connectivity index is 1.91. The number of methoxy groups -OCH3 is 3. The van der Waals surface area contributed by atoms with Gasteiger partial charge in [0.2, 0.25) is 0 Å². The van der Waals surface area contributed by atoms with Crippen LogP contribution in [0.25, 0.3) is 10.4 Å². The second-order valence-electron chi connectivity index (χ2n) is 12.6. The first-order chi connectivity index (χ1) is 22.6. The van der Waals surface area contributed by atoms with Gasteiger partial charge in [0.1, 0.15) is 17.1 Å². The molecule has 0 fully saturated rings. The molecule has 0 amide bonds. The van der Waals surface area contributed by atoms with Crippen LogP contribution in [0.4, 0.5) is 0 Å². The lowest BCUT2D eigenvalue weighted by Crippen LogP contribution is -2.27. The third-order valence-electron chi connectivity index (χ3n) is 8.00. The summed E-state index contributed by atoms with van der Waals surface area (Å²) in [5.74, 6) is 2.34. The van der Waals surface area contributed by atoms with Crippen LogP contribution in [0.5, 0.6) is 11.5 Å². The first-order valence-corrected chi connectivity index (χ1v) is 17.4. The Morgan fingerprint density at radius 2 is 1.45 bits per heavy atom.